The summed E-state index contributed by atoms with van der Waals surface area (Å²) in [5.41, 5.74) is 3.03. The minimum absolute atomic E-state index is 0.0472. The fourth-order valence-corrected chi connectivity index (χ4v) is 4.32. The van der Waals surface area contributed by atoms with Gasteiger partial charge in [-0.15, -0.1) is 0 Å². The molecule has 1 amide bonds. The van der Waals surface area contributed by atoms with Crippen LogP contribution in [0.5, 0.6) is 11.5 Å². The molecule has 1 aliphatic rings. The molecule has 0 radical (unpaired) electrons. The summed E-state index contributed by atoms with van der Waals surface area (Å²) in [7, 11) is 1.48. The Morgan fingerprint density at radius 1 is 1.20 bits per heavy atom. The van der Waals surface area contributed by atoms with Crippen LogP contribution in [0.1, 0.15) is 34.6 Å². The first kappa shape index (κ1) is 20.0. The number of nitrogens with one attached hydrogen (secondary N) is 2. The van der Waals surface area contributed by atoms with Crippen LogP contribution in [-0.2, 0) is 10.5 Å². The van der Waals surface area contributed by atoms with Gasteiger partial charge < -0.3 is 20.1 Å². The molecule has 0 fully saturated rings. The molecule has 2 heterocycles. The molecule has 1 atom stereocenters. The van der Waals surface area contributed by atoms with Crippen molar-refractivity contribution in [2.24, 2.45) is 0 Å². The van der Waals surface area contributed by atoms with E-state index in [0.717, 1.165) is 5.56 Å². The molecule has 3 N–H and O–H groups in total. The van der Waals surface area contributed by atoms with E-state index in [9.17, 15) is 14.7 Å². The molecule has 154 valence electrons. The van der Waals surface area contributed by atoms with E-state index in [2.05, 4.69) is 15.3 Å². The molecule has 1 aromatic heterocycles. The van der Waals surface area contributed by atoms with Crippen molar-refractivity contribution in [3.05, 3.63) is 75.1 Å². The van der Waals surface area contributed by atoms with Crippen molar-refractivity contribution >= 4 is 23.5 Å². The minimum Gasteiger partial charge on any atom is -0.508 e. The smallest absolute Gasteiger partial charge is 0.257 e. The van der Waals surface area contributed by atoms with Gasteiger partial charge in [-0.3, -0.25) is 9.59 Å². The van der Waals surface area contributed by atoms with E-state index in [1.165, 1.54) is 36.6 Å². The van der Waals surface area contributed by atoms with Crippen LogP contribution >= 0.6 is 11.8 Å². The zero-order valence-corrected chi connectivity index (χ0v) is 17.4. The zero-order valence-electron chi connectivity index (χ0n) is 16.6. The number of ether oxygens (including phenoxy) is 1. The second-order valence-electron chi connectivity index (χ2n) is 7.14. The Bertz CT molecular complexity index is 1160. The molecule has 0 bridgehead atoms. The van der Waals surface area contributed by atoms with E-state index >= 15 is 0 Å². The maximum atomic E-state index is 12.9. The summed E-state index contributed by atoms with van der Waals surface area (Å²) in [5.74, 6) is 0.628. The SMILES string of the molecule is COc1cc(O)ccc1[C@H]1CC(=O)Nc2nc(SCc3ccc(C)cc3)[nH]c(=O)c21. The van der Waals surface area contributed by atoms with Crippen molar-refractivity contribution in [3.63, 3.8) is 0 Å². The summed E-state index contributed by atoms with van der Waals surface area (Å²) in [6, 6.07) is 12.8. The normalized spacial score (nSPS) is 15.4. The van der Waals surface area contributed by atoms with Gasteiger partial charge in [0.15, 0.2) is 5.16 Å². The van der Waals surface area contributed by atoms with Crippen molar-refractivity contribution in [3.8, 4) is 11.5 Å². The highest BCUT2D eigenvalue weighted by atomic mass is 32.2. The highest BCUT2D eigenvalue weighted by molar-refractivity contribution is 7.98. The lowest BCUT2D eigenvalue weighted by atomic mass is 9.86. The third kappa shape index (κ3) is 4.04. The number of hydrogen-bond acceptors (Lipinski definition) is 6. The number of carbonyl (C=O) groups is 1. The molecule has 0 unspecified atom stereocenters. The van der Waals surface area contributed by atoms with E-state index in [1.807, 2.05) is 31.2 Å². The monoisotopic (exact) mass is 423 g/mol. The van der Waals surface area contributed by atoms with Gasteiger partial charge in [-0.25, -0.2) is 4.98 Å². The van der Waals surface area contributed by atoms with E-state index in [4.69, 9.17) is 4.74 Å². The molecular weight excluding hydrogens is 402 g/mol. The first-order valence-corrected chi connectivity index (χ1v) is 10.4. The standard InChI is InChI=1S/C22H21N3O4S/c1-12-3-5-13(6-4-12)11-30-22-24-20-19(21(28)25-22)16(10-18(27)23-20)15-8-7-14(26)9-17(15)29-2/h3-9,16,26H,10-11H2,1-2H3,(H2,23,24,25,27,28)/t16-/m1/s1. The summed E-state index contributed by atoms with van der Waals surface area (Å²) in [5, 5.41) is 12.9. The molecule has 0 spiro atoms. The molecule has 3 aromatic rings. The molecular formula is C22H21N3O4S. The molecule has 8 heteroatoms. The van der Waals surface area contributed by atoms with Crippen molar-refractivity contribution in [2.75, 3.05) is 12.4 Å². The number of rotatable bonds is 5. The average Bonchev–Trinajstić information content (AvgIpc) is 2.72. The number of amides is 1. The highest BCUT2D eigenvalue weighted by Gasteiger charge is 2.32. The maximum Gasteiger partial charge on any atom is 0.257 e. The second kappa shape index (κ2) is 8.23. The van der Waals surface area contributed by atoms with Crippen LogP contribution in [0.2, 0.25) is 0 Å². The van der Waals surface area contributed by atoms with Gasteiger partial charge >= 0.3 is 0 Å². The summed E-state index contributed by atoms with van der Waals surface area (Å²) in [6.07, 6.45) is 0.0920. The number of methoxy groups -OCH3 is 1. The van der Waals surface area contributed by atoms with E-state index < -0.39 is 5.92 Å². The number of fused-ring (bicyclic) bond motifs is 1. The molecule has 0 saturated carbocycles. The Morgan fingerprint density at radius 3 is 2.70 bits per heavy atom. The molecule has 0 saturated heterocycles. The van der Waals surface area contributed by atoms with Crippen LogP contribution in [0, 0.1) is 6.92 Å². The number of aromatic amines is 1. The number of benzene rings is 2. The molecule has 7 nitrogen and oxygen atoms in total. The third-order valence-electron chi connectivity index (χ3n) is 5.02. The number of H-pyrrole nitrogens is 1. The quantitative estimate of drug-likeness (QED) is 0.428. The van der Waals surface area contributed by atoms with Gasteiger partial charge in [0.25, 0.3) is 5.56 Å². The van der Waals surface area contributed by atoms with E-state index in [1.54, 1.807) is 6.07 Å². The average molecular weight is 423 g/mol. The number of thioether (sulfide) groups is 1. The number of phenolic OH excluding ortho intramolecular Hbond substituents is 1. The number of anilines is 1. The Balaban J connectivity index is 1.68. The lowest BCUT2D eigenvalue weighted by Crippen LogP contribution is -2.31. The molecule has 1 aliphatic heterocycles. The van der Waals surface area contributed by atoms with Gasteiger partial charge in [0, 0.05) is 29.7 Å². The van der Waals surface area contributed by atoms with Crippen LogP contribution in [0.15, 0.2) is 52.4 Å². The minimum atomic E-state index is -0.517. The number of aromatic hydroxyl groups is 1. The number of aromatic nitrogens is 2. The lowest BCUT2D eigenvalue weighted by molar-refractivity contribution is -0.116. The lowest BCUT2D eigenvalue weighted by Gasteiger charge is -2.25. The van der Waals surface area contributed by atoms with Gasteiger partial charge in [0.05, 0.1) is 12.7 Å². The fourth-order valence-electron chi connectivity index (χ4n) is 3.51. The van der Waals surface area contributed by atoms with Gasteiger partial charge in [0.1, 0.15) is 17.3 Å². The molecule has 4 rings (SSSR count). The summed E-state index contributed by atoms with van der Waals surface area (Å²) in [4.78, 5) is 32.6. The predicted molar refractivity (Wildman–Crippen MR) is 115 cm³/mol. The summed E-state index contributed by atoms with van der Waals surface area (Å²) >= 11 is 1.40. The number of nitrogens with zero attached hydrogens (tertiary/aromatic N) is 1. The van der Waals surface area contributed by atoms with E-state index in [-0.39, 0.29) is 29.5 Å². The third-order valence-corrected chi connectivity index (χ3v) is 5.96. The van der Waals surface area contributed by atoms with Gasteiger partial charge in [-0.05, 0) is 18.6 Å². The van der Waals surface area contributed by atoms with Crippen LogP contribution in [0.3, 0.4) is 0 Å². The molecule has 2 aromatic carbocycles. The Kier molecular flexibility index (Phi) is 5.50. The largest absolute Gasteiger partial charge is 0.508 e. The molecule has 0 aliphatic carbocycles. The van der Waals surface area contributed by atoms with Gasteiger partial charge in [-0.2, -0.15) is 0 Å². The molecule has 30 heavy (non-hydrogen) atoms. The number of carbonyl (C=O) groups excluding carboxylic acids is 1. The van der Waals surface area contributed by atoms with Crippen molar-refractivity contribution in [2.45, 2.75) is 30.2 Å². The Hall–Kier alpha value is -3.26. The van der Waals surface area contributed by atoms with Crippen LogP contribution in [0.4, 0.5) is 5.82 Å². The van der Waals surface area contributed by atoms with Crippen molar-refractivity contribution < 1.29 is 14.6 Å². The van der Waals surface area contributed by atoms with Gasteiger partial charge in [0.2, 0.25) is 5.91 Å². The summed E-state index contributed by atoms with van der Waals surface area (Å²) in [6.45, 7) is 2.03. The van der Waals surface area contributed by atoms with Crippen LogP contribution in [-0.4, -0.2) is 28.1 Å². The van der Waals surface area contributed by atoms with Crippen LogP contribution in [0.25, 0.3) is 0 Å². The Labute approximate surface area is 177 Å². The second-order valence-corrected chi connectivity index (χ2v) is 8.10. The highest BCUT2D eigenvalue weighted by Crippen LogP contribution is 2.39. The number of aryl methyl sites for hydroxylation is 1. The Morgan fingerprint density at radius 2 is 1.97 bits per heavy atom. The summed E-state index contributed by atoms with van der Waals surface area (Å²) < 4.78 is 5.36. The van der Waals surface area contributed by atoms with Crippen molar-refractivity contribution in [1.82, 2.24) is 9.97 Å². The predicted octanol–water partition coefficient (Wildman–Crippen LogP) is 3.56. The van der Waals surface area contributed by atoms with Crippen LogP contribution < -0.4 is 15.6 Å². The van der Waals surface area contributed by atoms with Crippen molar-refractivity contribution in [1.29, 1.82) is 0 Å². The zero-order chi connectivity index (χ0) is 21.3. The first-order valence-electron chi connectivity index (χ1n) is 9.44. The van der Waals surface area contributed by atoms with Gasteiger partial charge in [-0.1, -0.05) is 47.7 Å². The van der Waals surface area contributed by atoms with E-state index in [0.29, 0.717) is 27.8 Å². The fraction of sp³-hybridized carbons (Fsp3) is 0.227. The number of hydrogen-bond donors (Lipinski definition) is 3. The number of phenols is 1. The topological polar surface area (TPSA) is 104 Å². The maximum absolute atomic E-state index is 12.9. The first-order chi connectivity index (χ1) is 14.4.